The standard InChI is InChI=1S/C28H29F2N3O3/c29-24-5-1-3-22(17-24)20-33(28(35)23-4-2-6-25(30)19-23)26-9-7-21(8-10-26)18-27(34)31-11-12-32-13-15-36-16-14-32/h1-10,17,19H,11-16,18,20H2,(H,31,34). The first-order valence-corrected chi connectivity index (χ1v) is 12.0. The number of benzene rings is 3. The van der Waals surface area contributed by atoms with E-state index in [1.165, 1.54) is 35.2 Å². The predicted molar refractivity (Wildman–Crippen MR) is 134 cm³/mol. The van der Waals surface area contributed by atoms with Gasteiger partial charge >= 0.3 is 0 Å². The van der Waals surface area contributed by atoms with E-state index in [4.69, 9.17) is 4.74 Å². The summed E-state index contributed by atoms with van der Waals surface area (Å²) >= 11 is 0. The van der Waals surface area contributed by atoms with Crippen molar-refractivity contribution < 1.29 is 23.1 Å². The summed E-state index contributed by atoms with van der Waals surface area (Å²) < 4.78 is 32.9. The lowest BCUT2D eigenvalue weighted by Crippen LogP contribution is -2.41. The zero-order valence-corrected chi connectivity index (χ0v) is 20.0. The molecule has 0 aliphatic carbocycles. The van der Waals surface area contributed by atoms with Crippen molar-refractivity contribution in [3.05, 3.63) is 101 Å². The van der Waals surface area contributed by atoms with Crippen LogP contribution < -0.4 is 10.2 Å². The second kappa shape index (κ2) is 12.4. The van der Waals surface area contributed by atoms with Gasteiger partial charge in [-0.05, 0) is 53.6 Å². The molecule has 8 heteroatoms. The van der Waals surface area contributed by atoms with E-state index in [9.17, 15) is 18.4 Å². The molecule has 1 saturated heterocycles. The van der Waals surface area contributed by atoms with Crippen LogP contribution in [0.5, 0.6) is 0 Å². The fourth-order valence-electron chi connectivity index (χ4n) is 4.10. The third-order valence-corrected chi connectivity index (χ3v) is 6.01. The molecule has 2 amide bonds. The number of carbonyl (C=O) groups excluding carboxylic acids is 2. The molecule has 0 bridgehead atoms. The molecule has 1 heterocycles. The second-order valence-corrected chi connectivity index (χ2v) is 8.68. The number of ether oxygens (including phenoxy) is 1. The van der Waals surface area contributed by atoms with Gasteiger partial charge in [0.25, 0.3) is 5.91 Å². The number of nitrogens with one attached hydrogen (secondary N) is 1. The molecular weight excluding hydrogens is 464 g/mol. The number of hydrogen-bond acceptors (Lipinski definition) is 4. The van der Waals surface area contributed by atoms with Gasteiger partial charge in [-0.1, -0.05) is 30.3 Å². The van der Waals surface area contributed by atoms with E-state index in [0.717, 1.165) is 38.4 Å². The fraction of sp³-hybridized carbons (Fsp3) is 0.286. The lowest BCUT2D eigenvalue weighted by molar-refractivity contribution is -0.120. The molecule has 0 radical (unpaired) electrons. The van der Waals surface area contributed by atoms with Crippen LogP contribution in [0.1, 0.15) is 21.5 Å². The van der Waals surface area contributed by atoms with E-state index in [2.05, 4.69) is 10.2 Å². The molecule has 0 unspecified atom stereocenters. The van der Waals surface area contributed by atoms with Crippen LogP contribution in [0, 0.1) is 11.6 Å². The van der Waals surface area contributed by atoms with Crippen molar-refractivity contribution in [2.75, 3.05) is 44.3 Å². The monoisotopic (exact) mass is 493 g/mol. The van der Waals surface area contributed by atoms with Crippen LogP contribution in [0.4, 0.5) is 14.5 Å². The zero-order chi connectivity index (χ0) is 25.3. The Balaban J connectivity index is 1.43. The van der Waals surface area contributed by atoms with Crippen molar-refractivity contribution in [3.8, 4) is 0 Å². The van der Waals surface area contributed by atoms with Gasteiger partial charge < -0.3 is 15.0 Å². The molecule has 1 aliphatic heterocycles. The van der Waals surface area contributed by atoms with E-state index < -0.39 is 17.5 Å². The van der Waals surface area contributed by atoms with Crippen molar-refractivity contribution >= 4 is 17.5 Å². The van der Waals surface area contributed by atoms with Crippen molar-refractivity contribution in [2.24, 2.45) is 0 Å². The summed E-state index contributed by atoms with van der Waals surface area (Å²) in [5.41, 5.74) is 2.15. The quantitative estimate of drug-likeness (QED) is 0.493. The SMILES string of the molecule is O=C(Cc1ccc(N(Cc2cccc(F)c2)C(=O)c2cccc(F)c2)cc1)NCCN1CCOCC1. The van der Waals surface area contributed by atoms with Crippen molar-refractivity contribution in [1.29, 1.82) is 0 Å². The minimum atomic E-state index is -0.512. The van der Waals surface area contributed by atoms with Crippen LogP contribution in [-0.2, 0) is 22.5 Å². The third-order valence-electron chi connectivity index (χ3n) is 6.01. The number of nitrogens with zero attached hydrogens (tertiary/aromatic N) is 2. The molecule has 1 aliphatic rings. The molecule has 0 atom stereocenters. The number of halogens is 2. The van der Waals surface area contributed by atoms with E-state index in [0.29, 0.717) is 17.8 Å². The van der Waals surface area contributed by atoms with Crippen molar-refractivity contribution in [3.63, 3.8) is 0 Å². The fourth-order valence-corrected chi connectivity index (χ4v) is 4.10. The van der Waals surface area contributed by atoms with E-state index >= 15 is 0 Å². The summed E-state index contributed by atoms with van der Waals surface area (Å²) in [4.78, 5) is 29.4. The molecule has 36 heavy (non-hydrogen) atoms. The average Bonchev–Trinajstić information content (AvgIpc) is 2.88. The molecule has 188 valence electrons. The smallest absolute Gasteiger partial charge is 0.258 e. The largest absolute Gasteiger partial charge is 0.379 e. The van der Waals surface area contributed by atoms with Gasteiger partial charge in [0.2, 0.25) is 5.91 Å². The molecule has 1 fully saturated rings. The molecule has 4 rings (SSSR count). The minimum Gasteiger partial charge on any atom is -0.379 e. The highest BCUT2D eigenvalue weighted by Gasteiger charge is 2.19. The van der Waals surface area contributed by atoms with Gasteiger partial charge in [0, 0.05) is 37.4 Å². The third kappa shape index (κ3) is 7.19. The molecule has 3 aromatic carbocycles. The van der Waals surface area contributed by atoms with Crippen LogP contribution in [0.3, 0.4) is 0 Å². The molecule has 0 saturated carbocycles. The highest BCUT2D eigenvalue weighted by molar-refractivity contribution is 6.06. The normalized spacial score (nSPS) is 13.8. The van der Waals surface area contributed by atoms with Crippen molar-refractivity contribution in [2.45, 2.75) is 13.0 Å². The summed E-state index contributed by atoms with van der Waals surface area (Å²) in [5.74, 6) is -1.40. The molecule has 0 spiro atoms. The van der Waals surface area contributed by atoms with Gasteiger partial charge in [0.1, 0.15) is 11.6 Å². The highest BCUT2D eigenvalue weighted by Crippen LogP contribution is 2.22. The number of carbonyl (C=O) groups is 2. The Bertz CT molecular complexity index is 1180. The van der Waals surface area contributed by atoms with Crippen LogP contribution in [0.25, 0.3) is 0 Å². The summed E-state index contributed by atoms with van der Waals surface area (Å²) in [6.07, 6.45) is 0.213. The van der Waals surface area contributed by atoms with Gasteiger partial charge in [0.05, 0.1) is 26.2 Å². The molecule has 0 aromatic heterocycles. The number of amides is 2. The van der Waals surface area contributed by atoms with Gasteiger partial charge in [-0.25, -0.2) is 8.78 Å². The first-order chi connectivity index (χ1) is 17.5. The maximum absolute atomic E-state index is 13.8. The Kier molecular flexibility index (Phi) is 8.76. The topological polar surface area (TPSA) is 61.9 Å². The predicted octanol–water partition coefficient (Wildman–Crippen LogP) is 3.80. The summed E-state index contributed by atoms with van der Waals surface area (Å²) in [6, 6.07) is 18.5. The summed E-state index contributed by atoms with van der Waals surface area (Å²) in [5, 5.41) is 2.94. The van der Waals surface area contributed by atoms with E-state index in [-0.39, 0.29) is 24.4 Å². The Morgan fingerprint density at radius 2 is 1.58 bits per heavy atom. The highest BCUT2D eigenvalue weighted by atomic mass is 19.1. The number of morpholine rings is 1. The Hall–Kier alpha value is -3.62. The number of hydrogen-bond donors (Lipinski definition) is 1. The zero-order valence-electron chi connectivity index (χ0n) is 20.0. The van der Waals surface area contributed by atoms with Gasteiger partial charge in [-0.3, -0.25) is 14.5 Å². The van der Waals surface area contributed by atoms with E-state index in [1.807, 2.05) is 0 Å². The van der Waals surface area contributed by atoms with Gasteiger partial charge in [-0.2, -0.15) is 0 Å². The molecular formula is C28H29F2N3O3. The first-order valence-electron chi connectivity index (χ1n) is 12.0. The molecule has 1 N–H and O–H groups in total. The Labute approximate surface area is 209 Å². The lowest BCUT2D eigenvalue weighted by Gasteiger charge is -2.26. The molecule has 3 aromatic rings. The van der Waals surface area contributed by atoms with Crippen LogP contribution in [0.2, 0.25) is 0 Å². The second-order valence-electron chi connectivity index (χ2n) is 8.68. The van der Waals surface area contributed by atoms with Crippen LogP contribution in [0.15, 0.2) is 72.8 Å². The number of anilines is 1. The summed E-state index contributed by atoms with van der Waals surface area (Å²) in [6.45, 7) is 4.65. The van der Waals surface area contributed by atoms with Gasteiger partial charge in [-0.15, -0.1) is 0 Å². The molecule has 6 nitrogen and oxygen atoms in total. The van der Waals surface area contributed by atoms with E-state index in [1.54, 1.807) is 42.5 Å². The maximum atomic E-state index is 13.8. The first kappa shape index (κ1) is 25.5. The average molecular weight is 494 g/mol. The van der Waals surface area contributed by atoms with Crippen LogP contribution >= 0.6 is 0 Å². The Morgan fingerprint density at radius 3 is 2.28 bits per heavy atom. The number of rotatable bonds is 9. The lowest BCUT2D eigenvalue weighted by atomic mass is 10.1. The Morgan fingerprint density at radius 1 is 0.889 bits per heavy atom. The van der Waals surface area contributed by atoms with Crippen molar-refractivity contribution in [1.82, 2.24) is 10.2 Å². The van der Waals surface area contributed by atoms with Crippen LogP contribution in [-0.4, -0.2) is 56.1 Å². The minimum absolute atomic E-state index is 0.0801. The maximum Gasteiger partial charge on any atom is 0.258 e. The summed E-state index contributed by atoms with van der Waals surface area (Å²) in [7, 11) is 0. The van der Waals surface area contributed by atoms with Gasteiger partial charge in [0.15, 0.2) is 0 Å².